The van der Waals surface area contributed by atoms with E-state index in [1.54, 1.807) is 36.1 Å². The molecule has 2 heterocycles. The molecule has 8 nitrogen and oxygen atoms in total. The Morgan fingerprint density at radius 1 is 1.11 bits per heavy atom. The molecule has 200 valence electrons. The minimum Gasteiger partial charge on any atom is -0.493 e. The van der Waals surface area contributed by atoms with Crippen LogP contribution in [0.15, 0.2) is 36.4 Å². The average Bonchev–Trinajstić information content (AvgIpc) is 3.31. The molecule has 2 aliphatic rings. The summed E-state index contributed by atoms with van der Waals surface area (Å²) in [5, 5.41) is 0. The number of carbonyl (C=O) groups is 2. The summed E-state index contributed by atoms with van der Waals surface area (Å²) in [6, 6.07) is 10.2. The van der Waals surface area contributed by atoms with Crippen molar-refractivity contribution in [3.63, 3.8) is 0 Å². The minimum absolute atomic E-state index is 0.0192. The van der Waals surface area contributed by atoms with Gasteiger partial charge in [0, 0.05) is 25.1 Å². The fourth-order valence-electron chi connectivity index (χ4n) is 4.63. The van der Waals surface area contributed by atoms with Crippen LogP contribution in [-0.2, 0) is 20.7 Å². The van der Waals surface area contributed by atoms with Crippen molar-refractivity contribution in [3.8, 4) is 17.2 Å². The first-order valence-corrected chi connectivity index (χ1v) is 12.6. The molecule has 0 aliphatic carbocycles. The monoisotopic (exact) mass is 515 g/mol. The van der Waals surface area contributed by atoms with Crippen LogP contribution in [0.5, 0.6) is 17.2 Å². The molecule has 2 aromatic rings. The summed E-state index contributed by atoms with van der Waals surface area (Å²) < 4.78 is 42.1. The maximum atomic E-state index is 14.5. The van der Waals surface area contributed by atoms with Crippen molar-refractivity contribution in [1.29, 1.82) is 0 Å². The number of halogens is 1. The van der Waals surface area contributed by atoms with Crippen molar-refractivity contribution in [1.82, 2.24) is 4.90 Å². The highest BCUT2D eigenvalue weighted by Crippen LogP contribution is 2.38. The van der Waals surface area contributed by atoms with Gasteiger partial charge in [0.1, 0.15) is 17.2 Å². The molecule has 1 fully saturated rings. The molecular formula is C28H34FNO7. The Hall–Kier alpha value is -3.49. The zero-order chi connectivity index (χ0) is 26.6. The molecule has 37 heavy (non-hydrogen) atoms. The third-order valence-corrected chi connectivity index (χ3v) is 6.33. The van der Waals surface area contributed by atoms with Gasteiger partial charge in [-0.25, -0.2) is 9.18 Å². The molecule has 0 N–H and O–H groups in total. The van der Waals surface area contributed by atoms with E-state index in [0.717, 1.165) is 5.56 Å². The largest absolute Gasteiger partial charge is 0.493 e. The maximum Gasteiger partial charge on any atom is 0.410 e. The van der Waals surface area contributed by atoms with Gasteiger partial charge in [-0.1, -0.05) is 12.1 Å². The van der Waals surface area contributed by atoms with E-state index in [1.807, 2.05) is 26.8 Å². The lowest BCUT2D eigenvalue weighted by Gasteiger charge is -2.39. The standard InChI is InChI=1S/C28H34FNO7/c1-5-33-26(31)13-19-12-18(6-8-23(19)29)22-10-11-30(27(32)37-28(2,3)4)15-20(22)16-34-21-7-9-24-25(14-21)36-17-35-24/h6-9,12,14,20,22H,5,10-11,13,15-17H2,1-4H3/t20-,22-/m0/s1. The van der Waals surface area contributed by atoms with E-state index in [-0.39, 0.29) is 37.7 Å². The van der Waals surface area contributed by atoms with Crippen molar-refractivity contribution in [2.75, 3.05) is 33.1 Å². The van der Waals surface area contributed by atoms with Gasteiger partial charge >= 0.3 is 12.1 Å². The van der Waals surface area contributed by atoms with Gasteiger partial charge in [0.05, 0.1) is 19.6 Å². The predicted molar refractivity (Wildman–Crippen MR) is 133 cm³/mol. The lowest BCUT2D eigenvalue weighted by molar-refractivity contribution is -0.142. The van der Waals surface area contributed by atoms with Crippen LogP contribution in [0, 0.1) is 11.7 Å². The molecule has 2 aliphatic heterocycles. The van der Waals surface area contributed by atoms with Gasteiger partial charge in [-0.2, -0.15) is 0 Å². The first-order valence-electron chi connectivity index (χ1n) is 12.6. The van der Waals surface area contributed by atoms with E-state index in [4.69, 9.17) is 23.7 Å². The molecule has 0 spiro atoms. The Morgan fingerprint density at radius 3 is 2.65 bits per heavy atom. The molecule has 0 bridgehead atoms. The van der Waals surface area contributed by atoms with Crippen LogP contribution in [0.2, 0.25) is 0 Å². The molecule has 0 saturated carbocycles. The zero-order valence-corrected chi connectivity index (χ0v) is 21.8. The number of nitrogens with zero attached hydrogens (tertiary/aromatic N) is 1. The number of benzene rings is 2. The van der Waals surface area contributed by atoms with Gasteiger partial charge in [0.2, 0.25) is 6.79 Å². The van der Waals surface area contributed by atoms with E-state index in [9.17, 15) is 14.0 Å². The molecule has 1 saturated heterocycles. The first kappa shape index (κ1) is 26.6. The number of piperidine rings is 1. The smallest absolute Gasteiger partial charge is 0.410 e. The molecule has 4 rings (SSSR count). The number of hydrogen-bond acceptors (Lipinski definition) is 7. The number of esters is 1. The Morgan fingerprint density at radius 2 is 1.89 bits per heavy atom. The van der Waals surface area contributed by atoms with Crippen LogP contribution in [0.3, 0.4) is 0 Å². The van der Waals surface area contributed by atoms with Gasteiger partial charge < -0.3 is 28.6 Å². The number of likely N-dealkylation sites (tertiary alicyclic amines) is 1. The topological polar surface area (TPSA) is 83.5 Å². The SMILES string of the molecule is CCOC(=O)Cc1cc([C@@H]2CCN(C(=O)OC(C)(C)C)C[C@H]2COc2ccc3c(c2)OCO3)ccc1F. The van der Waals surface area contributed by atoms with E-state index in [2.05, 4.69) is 0 Å². The summed E-state index contributed by atoms with van der Waals surface area (Å²) in [5.74, 6) is 0.869. The molecule has 0 aromatic heterocycles. The summed E-state index contributed by atoms with van der Waals surface area (Å²) in [4.78, 5) is 26.5. The maximum absolute atomic E-state index is 14.5. The second kappa shape index (κ2) is 11.3. The summed E-state index contributed by atoms with van der Waals surface area (Å²) >= 11 is 0. The Kier molecular flexibility index (Phi) is 8.10. The fraction of sp³-hybridized carbons (Fsp3) is 0.500. The number of carbonyl (C=O) groups excluding carboxylic acids is 2. The molecule has 2 atom stereocenters. The number of fused-ring (bicyclic) bond motifs is 1. The van der Waals surface area contributed by atoms with E-state index in [0.29, 0.717) is 48.9 Å². The van der Waals surface area contributed by atoms with Crippen LogP contribution >= 0.6 is 0 Å². The van der Waals surface area contributed by atoms with E-state index >= 15 is 0 Å². The predicted octanol–water partition coefficient (Wildman–Crippen LogP) is 5.08. The molecule has 2 aromatic carbocycles. The second-order valence-electron chi connectivity index (χ2n) is 10.2. The summed E-state index contributed by atoms with van der Waals surface area (Å²) in [6.45, 7) is 8.85. The molecule has 0 radical (unpaired) electrons. The molecular weight excluding hydrogens is 481 g/mol. The van der Waals surface area contributed by atoms with E-state index < -0.39 is 17.4 Å². The summed E-state index contributed by atoms with van der Waals surface area (Å²) in [6.07, 6.45) is 0.128. The van der Waals surface area contributed by atoms with Crippen LogP contribution < -0.4 is 14.2 Å². The Labute approximate surface area is 216 Å². The number of ether oxygens (including phenoxy) is 5. The van der Waals surface area contributed by atoms with Crippen LogP contribution in [-0.4, -0.2) is 55.7 Å². The zero-order valence-electron chi connectivity index (χ0n) is 21.8. The Bertz CT molecular complexity index is 1130. The third-order valence-electron chi connectivity index (χ3n) is 6.33. The summed E-state index contributed by atoms with van der Waals surface area (Å²) in [5.41, 5.74) is 0.579. The molecule has 0 unspecified atom stereocenters. The minimum atomic E-state index is -0.606. The highest BCUT2D eigenvalue weighted by atomic mass is 19.1. The number of amides is 1. The van der Waals surface area contributed by atoms with Crippen molar-refractivity contribution in [2.24, 2.45) is 5.92 Å². The quantitative estimate of drug-likeness (QED) is 0.476. The van der Waals surface area contributed by atoms with Gasteiger partial charge in [-0.3, -0.25) is 4.79 Å². The number of rotatable bonds is 7. The van der Waals surface area contributed by atoms with Gasteiger partial charge in [-0.15, -0.1) is 0 Å². The van der Waals surface area contributed by atoms with Gasteiger partial charge in [0.25, 0.3) is 0 Å². The molecule has 9 heteroatoms. The highest BCUT2D eigenvalue weighted by molar-refractivity contribution is 5.72. The van der Waals surface area contributed by atoms with Gasteiger partial charge in [0.15, 0.2) is 11.5 Å². The van der Waals surface area contributed by atoms with Crippen molar-refractivity contribution < 1.29 is 37.7 Å². The Balaban J connectivity index is 1.54. The summed E-state index contributed by atoms with van der Waals surface area (Å²) in [7, 11) is 0. The highest BCUT2D eigenvalue weighted by Gasteiger charge is 2.35. The van der Waals surface area contributed by atoms with Gasteiger partial charge in [-0.05, 0) is 69.4 Å². The van der Waals surface area contributed by atoms with Crippen LogP contribution in [0.4, 0.5) is 9.18 Å². The van der Waals surface area contributed by atoms with Crippen molar-refractivity contribution in [2.45, 2.75) is 52.1 Å². The normalized spacial score (nSPS) is 18.9. The van der Waals surface area contributed by atoms with E-state index in [1.165, 1.54) is 6.07 Å². The van der Waals surface area contributed by atoms with Crippen molar-refractivity contribution in [3.05, 3.63) is 53.3 Å². The van der Waals surface area contributed by atoms with Crippen molar-refractivity contribution >= 4 is 12.1 Å². The third kappa shape index (κ3) is 6.84. The lowest BCUT2D eigenvalue weighted by atomic mass is 9.80. The second-order valence-corrected chi connectivity index (χ2v) is 10.2. The number of hydrogen-bond donors (Lipinski definition) is 0. The fourth-order valence-corrected chi connectivity index (χ4v) is 4.63. The lowest BCUT2D eigenvalue weighted by Crippen LogP contribution is -2.46. The molecule has 1 amide bonds. The first-order chi connectivity index (χ1) is 17.6. The average molecular weight is 516 g/mol. The van der Waals surface area contributed by atoms with Crippen LogP contribution in [0.1, 0.15) is 51.2 Å². The van der Waals surface area contributed by atoms with Crippen LogP contribution in [0.25, 0.3) is 0 Å².